The molecule has 4 aromatic carbocycles. The van der Waals surface area contributed by atoms with Crippen molar-refractivity contribution in [3.63, 3.8) is 0 Å². The molecule has 0 radical (unpaired) electrons. The number of nitrogens with zero attached hydrogens (tertiary/aromatic N) is 1. The van der Waals surface area contributed by atoms with E-state index in [1.54, 1.807) is 36.4 Å². The van der Waals surface area contributed by atoms with E-state index in [-0.39, 0.29) is 17.3 Å². The molecular weight excluding hydrogens is 496 g/mol. The van der Waals surface area contributed by atoms with Crippen LogP contribution in [-0.2, 0) is 5.41 Å². The molecule has 0 aromatic heterocycles. The molecular formula is C32H19ClN2O3. The molecule has 6 heteroatoms. The number of allylic oxidation sites excluding steroid dienone is 2. The van der Waals surface area contributed by atoms with E-state index in [0.29, 0.717) is 57.3 Å². The lowest BCUT2D eigenvalue weighted by molar-refractivity contribution is 0.0877. The predicted molar refractivity (Wildman–Crippen MR) is 145 cm³/mol. The van der Waals surface area contributed by atoms with Gasteiger partial charge in [-0.05, 0) is 40.6 Å². The van der Waals surface area contributed by atoms with Gasteiger partial charge >= 0.3 is 0 Å². The minimum atomic E-state index is -1.57. The second-order valence-electron chi connectivity index (χ2n) is 10.0. The summed E-state index contributed by atoms with van der Waals surface area (Å²) in [5, 5.41) is 5.63. The smallest absolute Gasteiger partial charge is 0.194 e. The van der Waals surface area contributed by atoms with E-state index < -0.39 is 5.41 Å². The molecule has 1 spiro atoms. The lowest BCUT2D eigenvalue weighted by Gasteiger charge is -2.40. The molecule has 1 N–H and O–H groups in total. The van der Waals surface area contributed by atoms with Crippen molar-refractivity contribution in [2.45, 2.75) is 5.41 Å². The van der Waals surface area contributed by atoms with Gasteiger partial charge < -0.3 is 10.2 Å². The van der Waals surface area contributed by atoms with Crippen LogP contribution in [0, 0.1) is 0 Å². The first kappa shape index (κ1) is 21.6. The summed E-state index contributed by atoms with van der Waals surface area (Å²) in [6.45, 7) is 1.16. The summed E-state index contributed by atoms with van der Waals surface area (Å²) >= 11 is 6.14. The van der Waals surface area contributed by atoms with Crippen LogP contribution in [0.25, 0.3) is 16.5 Å². The van der Waals surface area contributed by atoms with Crippen LogP contribution in [0.3, 0.4) is 0 Å². The Labute approximate surface area is 223 Å². The zero-order valence-electron chi connectivity index (χ0n) is 20.0. The number of Topliss-reactive ketones (excluding diaryl/α,β-unsaturated/α-hetero) is 3. The van der Waals surface area contributed by atoms with Gasteiger partial charge in [0.15, 0.2) is 17.3 Å². The Hall–Kier alpha value is -4.48. The number of carbonyl (C=O) groups excluding carboxylic acids is 3. The van der Waals surface area contributed by atoms with Gasteiger partial charge in [-0.1, -0.05) is 72.3 Å². The first-order chi connectivity index (χ1) is 18.5. The lowest BCUT2D eigenvalue weighted by atomic mass is 9.63. The zero-order chi connectivity index (χ0) is 25.8. The van der Waals surface area contributed by atoms with Crippen LogP contribution in [0.15, 0.2) is 102 Å². The molecule has 0 saturated carbocycles. The van der Waals surface area contributed by atoms with Crippen LogP contribution >= 0.6 is 11.6 Å². The Bertz CT molecular complexity index is 1860. The third kappa shape index (κ3) is 2.40. The molecule has 0 amide bonds. The van der Waals surface area contributed by atoms with E-state index in [9.17, 15) is 14.4 Å². The Balaban J connectivity index is 1.53. The summed E-state index contributed by atoms with van der Waals surface area (Å²) in [5.74, 6) is -0.159. The Kier molecular flexibility index (Phi) is 4.15. The van der Waals surface area contributed by atoms with E-state index in [1.807, 2.05) is 53.4 Å². The van der Waals surface area contributed by atoms with Crippen molar-refractivity contribution in [3.05, 3.63) is 135 Å². The maximum absolute atomic E-state index is 14.8. The molecule has 4 aromatic rings. The van der Waals surface area contributed by atoms with Gasteiger partial charge in [0, 0.05) is 45.9 Å². The molecule has 1 fully saturated rings. The number of nitrogens with one attached hydrogen (secondary N) is 1. The highest BCUT2D eigenvalue weighted by atomic mass is 35.5. The zero-order valence-corrected chi connectivity index (χ0v) is 20.8. The number of halogens is 1. The van der Waals surface area contributed by atoms with Gasteiger partial charge in [0.25, 0.3) is 0 Å². The number of hydrogen-bond acceptors (Lipinski definition) is 5. The lowest BCUT2D eigenvalue weighted by Crippen LogP contribution is -2.47. The largest absolute Gasteiger partial charge is 0.369 e. The van der Waals surface area contributed by atoms with Crippen molar-refractivity contribution in [1.29, 1.82) is 0 Å². The van der Waals surface area contributed by atoms with Crippen molar-refractivity contribution in [2.24, 2.45) is 0 Å². The average Bonchev–Trinajstić information content (AvgIpc) is 3.60. The van der Waals surface area contributed by atoms with Crippen LogP contribution in [0.1, 0.15) is 42.2 Å². The standard InChI is InChI=1S/C32H19ClN2O3/c33-19-13-11-18(12-14-19)28(36)26-31-34-15-16-35(31)27-20-7-1-2-8-21(20)29(37)25(27)32(26)23-10-4-6-17-5-3-9-22(24(17)23)30(32)38/h1-14,34H,15-16H2/t32-/m1/s1. The molecule has 1 saturated heterocycles. The second kappa shape index (κ2) is 7.30. The monoisotopic (exact) mass is 514 g/mol. The highest BCUT2D eigenvalue weighted by Gasteiger charge is 2.63. The summed E-state index contributed by atoms with van der Waals surface area (Å²) in [7, 11) is 0. The Morgan fingerprint density at radius 3 is 2.34 bits per heavy atom. The molecule has 8 rings (SSSR count). The number of fused-ring (bicyclic) bond motifs is 6. The summed E-state index contributed by atoms with van der Waals surface area (Å²) in [4.78, 5) is 45.7. The fraction of sp³-hybridized carbons (Fsp3) is 0.0938. The topological polar surface area (TPSA) is 66.5 Å². The molecule has 2 aliphatic heterocycles. The van der Waals surface area contributed by atoms with Gasteiger partial charge in [-0.25, -0.2) is 0 Å². The molecule has 2 aliphatic carbocycles. The molecule has 5 nitrogen and oxygen atoms in total. The molecule has 0 bridgehead atoms. The fourth-order valence-corrected chi connectivity index (χ4v) is 6.95. The van der Waals surface area contributed by atoms with E-state index >= 15 is 0 Å². The van der Waals surface area contributed by atoms with Gasteiger partial charge in [-0.2, -0.15) is 0 Å². The first-order valence-electron chi connectivity index (χ1n) is 12.6. The maximum atomic E-state index is 14.8. The average molecular weight is 515 g/mol. The molecule has 2 heterocycles. The van der Waals surface area contributed by atoms with Gasteiger partial charge in [0.1, 0.15) is 11.2 Å². The van der Waals surface area contributed by atoms with Crippen molar-refractivity contribution in [1.82, 2.24) is 10.2 Å². The third-order valence-electron chi connectivity index (χ3n) is 8.27. The number of benzene rings is 4. The van der Waals surface area contributed by atoms with Gasteiger partial charge in [-0.3, -0.25) is 14.4 Å². The van der Waals surface area contributed by atoms with Crippen molar-refractivity contribution >= 4 is 45.4 Å². The number of carbonyl (C=O) groups is 3. The number of hydrogen-bond donors (Lipinski definition) is 1. The van der Waals surface area contributed by atoms with Crippen molar-refractivity contribution in [3.8, 4) is 0 Å². The van der Waals surface area contributed by atoms with Crippen LogP contribution in [0.4, 0.5) is 0 Å². The molecule has 1 atom stereocenters. The van der Waals surface area contributed by atoms with Crippen LogP contribution in [0.2, 0.25) is 5.02 Å². The predicted octanol–water partition coefficient (Wildman–Crippen LogP) is 5.55. The minimum absolute atomic E-state index is 0.207. The molecule has 4 aliphatic rings. The van der Waals surface area contributed by atoms with Crippen LogP contribution in [0.5, 0.6) is 0 Å². The fourth-order valence-electron chi connectivity index (χ4n) is 6.82. The van der Waals surface area contributed by atoms with Crippen LogP contribution < -0.4 is 5.32 Å². The van der Waals surface area contributed by atoms with E-state index in [0.717, 1.165) is 22.0 Å². The summed E-state index contributed by atoms with van der Waals surface area (Å²) in [5.41, 5.74) is 2.78. The minimum Gasteiger partial charge on any atom is -0.369 e. The maximum Gasteiger partial charge on any atom is 0.194 e. The number of ketones is 3. The van der Waals surface area contributed by atoms with E-state index in [2.05, 4.69) is 5.32 Å². The van der Waals surface area contributed by atoms with E-state index in [1.165, 1.54) is 0 Å². The van der Waals surface area contributed by atoms with Crippen LogP contribution in [-0.4, -0.2) is 35.3 Å². The van der Waals surface area contributed by atoms with Gasteiger partial charge in [-0.15, -0.1) is 0 Å². The Morgan fingerprint density at radius 2 is 1.55 bits per heavy atom. The summed E-state index contributed by atoms with van der Waals surface area (Å²) < 4.78 is 0. The quantitative estimate of drug-likeness (QED) is 0.355. The van der Waals surface area contributed by atoms with Crippen molar-refractivity contribution < 1.29 is 14.4 Å². The molecule has 0 unspecified atom stereocenters. The Morgan fingerprint density at radius 1 is 0.842 bits per heavy atom. The SMILES string of the molecule is O=C(C1=C2NCCN2C2=C(C(=O)c3ccccc32)[C@@]12C(=O)c1cccc3cccc2c13)c1ccc(Cl)cc1. The molecule has 38 heavy (non-hydrogen) atoms. The second-order valence-corrected chi connectivity index (χ2v) is 10.5. The normalized spacial score (nSPS) is 20.8. The third-order valence-corrected chi connectivity index (χ3v) is 8.52. The van der Waals surface area contributed by atoms with Gasteiger partial charge in [0.05, 0.1) is 11.3 Å². The van der Waals surface area contributed by atoms with Crippen molar-refractivity contribution in [2.75, 3.05) is 13.1 Å². The molecule has 182 valence electrons. The van der Waals surface area contributed by atoms with Gasteiger partial charge in [0.2, 0.25) is 0 Å². The number of rotatable bonds is 2. The highest BCUT2D eigenvalue weighted by molar-refractivity contribution is 6.36. The highest BCUT2D eigenvalue weighted by Crippen LogP contribution is 2.60. The summed E-state index contributed by atoms with van der Waals surface area (Å²) in [6, 6.07) is 25.6. The van der Waals surface area contributed by atoms with E-state index in [4.69, 9.17) is 11.6 Å². The summed E-state index contributed by atoms with van der Waals surface area (Å²) in [6.07, 6.45) is 0. The first-order valence-corrected chi connectivity index (χ1v) is 12.9.